The summed E-state index contributed by atoms with van der Waals surface area (Å²) in [6.45, 7) is 2.76. The van der Waals surface area contributed by atoms with Crippen LogP contribution in [0.3, 0.4) is 0 Å². The Labute approximate surface area is 162 Å². The molecule has 3 aromatic rings. The van der Waals surface area contributed by atoms with E-state index in [-0.39, 0.29) is 4.90 Å². The van der Waals surface area contributed by atoms with Gasteiger partial charge in [0.2, 0.25) is 0 Å². The average molecular weight is 402 g/mol. The number of nitrogens with zero attached hydrogens (tertiary/aromatic N) is 2. The van der Waals surface area contributed by atoms with E-state index in [1.165, 1.54) is 7.11 Å². The summed E-state index contributed by atoms with van der Waals surface area (Å²) in [5.74, 6) is 1.33. The molecule has 1 aromatic heterocycles. The summed E-state index contributed by atoms with van der Waals surface area (Å²) in [4.78, 5) is 4.75. The fourth-order valence-corrected chi connectivity index (χ4v) is 5.31. The van der Waals surface area contributed by atoms with Gasteiger partial charge in [0.1, 0.15) is 10.6 Å². The minimum atomic E-state index is -3.82. The molecule has 1 aliphatic rings. The third kappa shape index (κ3) is 3.42. The van der Waals surface area contributed by atoms with Gasteiger partial charge in [-0.05, 0) is 30.7 Å². The molecule has 0 unspecified atom stereocenters. The highest BCUT2D eigenvalue weighted by Crippen LogP contribution is 2.34. The lowest BCUT2D eigenvalue weighted by Crippen LogP contribution is -2.15. The first kappa shape index (κ1) is 17.9. The number of aryl methyl sites for hydroxylation is 2. The largest absolute Gasteiger partial charge is 0.495 e. The molecule has 1 N–H and O–H groups in total. The summed E-state index contributed by atoms with van der Waals surface area (Å²) < 4.78 is 36.1. The van der Waals surface area contributed by atoms with Crippen molar-refractivity contribution in [3.05, 3.63) is 54.2 Å². The number of sulfonamides is 1. The Morgan fingerprint density at radius 3 is 2.81 bits per heavy atom. The topological polar surface area (TPSA) is 73.2 Å². The number of anilines is 1. The molecule has 0 spiro atoms. The fraction of sp³-hybridized carbons (Fsp3) is 0.211. The number of aromatic nitrogens is 2. The van der Waals surface area contributed by atoms with Crippen molar-refractivity contribution < 1.29 is 13.2 Å². The summed E-state index contributed by atoms with van der Waals surface area (Å²) in [6, 6.07) is 12.4. The highest BCUT2D eigenvalue weighted by atomic mass is 32.2. The molecular formula is C19H19N3O3S2. The fourth-order valence-electron chi connectivity index (χ4n) is 3.03. The molecule has 1 aliphatic heterocycles. The number of imidazole rings is 1. The third-order valence-corrected chi connectivity index (χ3v) is 6.72. The summed E-state index contributed by atoms with van der Waals surface area (Å²) in [5, 5.41) is 0.961. The van der Waals surface area contributed by atoms with Gasteiger partial charge in [0, 0.05) is 24.1 Å². The van der Waals surface area contributed by atoms with Crippen molar-refractivity contribution in [2.45, 2.75) is 23.5 Å². The molecule has 0 aliphatic carbocycles. The molecule has 140 valence electrons. The lowest BCUT2D eigenvalue weighted by Gasteiger charge is -2.14. The van der Waals surface area contributed by atoms with Gasteiger partial charge in [-0.3, -0.25) is 4.72 Å². The molecule has 27 heavy (non-hydrogen) atoms. The van der Waals surface area contributed by atoms with Crippen molar-refractivity contribution in [3.8, 4) is 17.0 Å². The van der Waals surface area contributed by atoms with Gasteiger partial charge in [-0.2, -0.15) is 0 Å². The zero-order valence-electron chi connectivity index (χ0n) is 15.0. The smallest absolute Gasteiger partial charge is 0.265 e. The Bertz CT molecular complexity index is 1090. The van der Waals surface area contributed by atoms with Crippen LogP contribution in [0.5, 0.6) is 5.75 Å². The van der Waals surface area contributed by atoms with E-state index in [1.54, 1.807) is 36.0 Å². The highest BCUT2D eigenvalue weighted by Gasteiger charge is 2.23. The van der Waals surface area contributed by atoms with Gasteiger partial charge in [0.05, 0.1) is 18.5 Å². The van der Waals surface area contributed by atoms with Crippen LogP contribution in [0.1, 0.15) is 5.56 Å². The molecule has 0 amide bonds. The quantitative estimate of drug-likeness (QED) is 0.704. The van der Waals surface area contributed by atoms with Crippen LogP contribution in [0.25, 0.3) is 11.3 Å². The number of benzene rings is 2. The first-order chi connectivity index (χ1) is 13.0. The van der Waals surface area contributed by atoms with Crippen LogP contribution >= 0.6 is 11.8 Å². The lowest BCUT2D eigenvalue weighted by molar-refractivity contribution is 0.402. The number of hydrogen-bond acceptors (Lipinski definition) is 5. The Hall–Kier alpha value is -2.45. The van der Waals surface area contributed by atoms with Crippen molar-refractivity contribution in [2.75, 3.05) is 17.6 Å². The van der Waals surface area contributed by atoms with E-state index >= 15 is 0 Å². The molecule has 0 fully saturated rings. The Balaban J connectivity index is 1.74. The molecule has 4 rings (SSSR count). The number of nitrogens with one attached hydrogen (secondary N) is 1. The maximum atomic E-state index is 13.0. The lowest BCUT2D eigenvalue weighted by atomic mass is 10.1. The normalized spacial score (nSPS) is 13.4. The van der Waals surface area contributed by atoms with Crippen molar-refractivity contribution >= 4 is 27.5 Å². The molecule has 0 bridgehead atoms. The molecule has 8 heteroatoms. The number of hydrogen-bond donors (Lipinski definition) is 1. The second kappa shape index (κ2) is 6.94. The molecule has 0 radical (unpaired) electrons. The van der Waals surface area contributed by atoms with Gasteiger partial charge in [-0.1, -0.05) is 36.0 Å². The number of ether oxygens (including phenoxy) is 1. The van der Waals surface area contributed by atoms with Crippen molar-refractivity contribution in [3.63, 3.8) is 0 Å². The Morgan fingerprint density at radius 2 is 2.04 bits per heavy atom. The van der Waals surface area contributed by atoms with Crippen LogP contribution in [0.2, 0.25) is 0 Å². The first-order valence-corrected chi connectivity index (χ1v) is 10.9. The van der Waals surface area contributed by atoms with Crippen LogP contribution in [-0.2, 0) is 16.6 Å². The molecular weight excluding hydrogens is 382 g/mol. The minimum absolute atomic E-state index is 0.114. The van der Waals surface area contributed by atoms with E-state index in [4.69, 9.17) is 4.74 Å². The molecule has 0 saturated heterocycles. The Kier molecular flexibility index (Phi) is 4.61. The van der Waals surface area contributed by atoms with E-state index in [2.05, 4.69) is 14.3 Å². The van der Waals surface area contributed by atoms with Crippen LogP contribution in [-0.4, -0.2) is 30.8 Å². The molecule has 0 atom stereocenters. The van der Waals surface area contributed by atoms with Gasteiger partial charge in [0.15, 0.2) is 5.16 Å². The molecule has 2 heterocycles. The van der Waals surface area contributed by atoms with Gasteiger partial charge in [-0.15, -0.1) is 0 Å². The van der Waals surface area contributed by atoms with E-state index < -0.39 is 10.0 Å². The molecule has 6 nitrogen and oxygen atoms in total. The van der Waals surface area contributed by atoms with Gasteiger partial charge in [-0.25, -0.2) is 13.4 Å². The summed E-state index contributed by atoms with van der Waals surface area (Å²) in [7, 11) is -2.36. The zero-order valence-corrected chi connectivity index (χ0v) is 16.6. The van der Waals surface area contributed by atoms with Crippen molar-refractivity contribution in [1.29, 1.82) is 0 Å². The molecule has 2 aromatic carbocycles. The third-order valence-electron chi connectivity index (χ3n) is 4.36. The number of thioether (sulfide) groups is 1. The maximum Gasteiger partial charge on any atom is 0.265 e. The van der Waals surface area contributed by atoms with Crippen LogP contribution < -0.4 is 9.46 Å². The Morgan fingerprint density at radius 1 is 1.22 bits per heavy atom. The highest BCUT2D eigenvalue weighted by molar-refractivity contribution is 7.99. The molecule has 0 saturated carbocycles. The number of methoxy groups -OCH3 is 1. The number of fused-ring (bicyclic) bond motifs is 1. The second-order valence-corrected chi connectivity index (χ2v) is 8.97. The number of rotatable bonds is 5. The average Bonchev–Trinajstić information content (AvgIpc) is 3.24. The standard InChI is InChI=1S/C19H19N3O3S2/c1-13-7-8-17(25-2)18(11-13)27(23,24)21-15-6-4-3-5-14(15)16-12-22-9-10-26-19(22)20-16/h3-8,11-12,21H,9-10H2,1-2H3. The summed E-state index contributed by atoms with van der Waals surface area (Å²) >= 11 is 1.70. The van der Waals surface area contributed by atoms with Gasteiger partial charge in [0.25, 0.3) is 10.0 Å². The van der Waals surface area contributed by atoms with Gasteiger partial charge < -0.3 is 9.30 Å². The van der Waals surface area contributed by atoms with E-state index in [0.29, 0.717) is 11.4 Å². The van der Waals surface area contributed by atoms with Crippen LogP contribution in [0, 0.1) is 6.92 Å². The van der Waals surface area contributed by atoms with E-state index in [1.807, 2.05) is 31.3 Å². The maximum absolute atomic E-state index is 13.0. The predicted octanol–water partition coefficient (Wildman–Crippen LogP) is 3.77. The number of para-hydroxylation sites is 1. The van der Waals surface area contributed by atoms with Crippen molar-refractivity contribution in [2.24, 2.45) is 0 Å². The summed E-state index contributed by atoms with van der Waals surface area (Å²) in [5.41, 5.74) is 2.83. The first-order valence-electron chi connectivity index (χ1n) is 8.45. The SMILES string of the molecule is COc1ccc(C)cc1S(=O)(=O)Nc1ccccc1-c1cn2c(n1)SCC2. The van der Waals surface area contributed by atoms with E-state index in [9.17, 15) is 8.42 Å². The van der Waals surface area contributed by atoms with Crippen LogP contribution in [0.4, 0.5) is 5.69 Å². The minimum Gasteiger partial charge on any atom is -0.495 e. The van der Waals surface area contributed by atoms with Crippen molar-refractivity contribution in [1.82, 2.24) is 9.55 Å². The zero-order chi connectivity index (χ0) is 19.0. The monoisotopic (exact) mass is 401 g/mol. The van der Waals surface area contributed by atoms with Crippen LogP contribution in [0.15, 0.2) is 58.7 Å². The predicted molar refractivity (Wildman–Crippen MR) is 107 cm³/mol. The van der Waals surface area contributed by atoms with Gasteiger partial charge >= 0.3 is 0 Å². The van der Waals surface area contributed by atoms with E-state index in [0.717, 1.165) is 34.3 Å². The second-order valence-electron chi connectivity index (χ2n) is 6.26. The summed E-state index contributed by atoms with van der Waals surface area (Å²) in [6.07, 6.45) is 1.97.